The van der Waals surface area contributed by atoms with Gasteiger partial charge in [0.1, 0.15) is 23.4 Å². The van der Waals surface area contributed by atoms with Crippen molar-refractivity contribution < 1.29 is 69.8 Å². The molecule has 2 rings (SSSR count). The Kier molecular flexibility index (Phi) is 10.4. The van der Waals surface area contributed by atoms with E-state index in [1.54, 1.807) is 0 Å². The number of aliphatic hydroxyl groups is 2. The van der Waals surface area contributed by atoms with Gasteiger partial charge in [0.05, 0.1) is 17.3 Å². The lowest BCUT2D eigenvalue weighted by atomic mass is 9.64. The molecule has 0 radical (unpaired) electrons. The fourth-order valence-corrected chi connectivity index (χ4v) is 6.30. The first-order valence-electron chi connectivity index (χ1n) is 14.4. The lowest BCUT2D eigenvalue weighted by Crippen LogP contribution is -2.66. The van der Waals surface area contributed by atoms with Crippen LogP contribution in [0.25, 0.3) is 0 Å². The molecule has 2 aliphatic rings. The van der Waals surface area contributed by atoms with Crippen LogP contribution in [0.1, 0.15) is 82.6 Å². The highest BCUT2D eigenvalue weighted by Crippen LogP contribution is 2.57. The van der Waals surface area contributed by atoms with E-state index in [4.69, 9.17) is 23.7 Å². The molecule has 45 heavy (non-hydrogen) atoms. The highest BCUT2D eigenvalue weighted by Gasteiger charge is 2.69. The molecule has 9 nitrogen and oxygen atoms in total. The summed E-state index contributed by atoms with van der Waals surface area (Å²) in [5.74, 6) is -3.67. The zero-order valence-corrected chi connectivity index (χ0v) is 27.5. The number of hydrogen-bond acceptors (Lipinski definition) is 9. The molecule has 0 spiro atoms. The largest absolute Gasteiger partial charge is 0.457 e. The van der Waals surface area contributed by atoms with E-state index in [1.165, 1.54) is 34.6 Å². The molecule has 262 valence electrons. The third-order valence-corrected chi connectivity index (χ3v) is 9.35. The first-order chi connectivity index (χ1) is 19.7. The third-order valence-electron chi connectivity index (χ3n) is 9.35. The van der Waals surface area contributed by atoms with Gasteiger partial charge in [0.15, 0.2) is 17.8 Å². The lowest BCUT2D eigenvalue weighted by Gasteiger charge is -2.53. The second-order valence-corrected chi connectivity index (χ2v) is 14.4. The first kappa shape index (κ1) is 39.2. The van der Waals surface area contributed by atoms with Gasteiger partial charge >= 0.3 is 24.3 Å². The van der Waals surface area contributed by atoms with Crippen LogP contribution in [-0.4, -0.2) is 93.0 Å². The third kappa shape index (κ3) is 7.47. The number of halogens is 6. The van der Waals surface area contributed by atoms with E-state index in [0.29, 0.717) is 13.8 Å². The number of rotatable bonds is 12. The Labute approximate surface area is 259 Å². The average Bonchev–Trinajstić information content (AvgIpc) is 3.38. The Balaban J connectivity index is 2.53. The molecule has 2 bridgehead atoms. The summed E-state index contributed by atoms with van der Waals surface area (Å²) in [7, 11) is 0. The maximum Gasteiger partial charge on any atom is 0.419 e. The van der Waals surface area contributed by atoms with Crippen molar-refractivity contribution in [1.82, 2.24) is 0 Å². The summed E-state index contributed by atoms with van der Waals surface area (Å²) in [5, 5.41) is 21.0. The monoisotopic (exact) mass is 664 g/mol. The van der Waals surface area contributed by atoms with Crippen molar-refractivity contribution in [3.63, 3.8) is 0 Å². The van der Waals surface area contributed by atoms with Gasteiger partial charge in [-0.3, -0.25) is 0 Å². The van der Waals surface area contributed by atoms with Crippen molar-refractivity contribution in [3.8, 4) is 0 Å². The molecule has 0 aromatic heterocycles. The van der Waals surface area contributed by atoms with E-state index < -0.39 is 94.7 Å². The van der Waals surface area contributed by atoms with E-state index in [2.05, 4.69) is 6.58 Å². The molecule has 2 fully saturated rings. The topological polar surface area (TPSA) is 121 Å². The minimum Gasteiger partial charge on any atom is -0.457 e. The number of hydrogen-bond donors (Lipinski definition) is 2. The Morgan fingerprint density at radius 2 is 1.18 bits per heavy atom. The second kappa shape index (κ2) is 11.9. The van der Waals surface area contributed by atoms with Crippen LogP contribution in [0.4, 0.5) is 26.3 Å². The Morgan fingerprint density at radius 3 is 1.56 bits per heavy atom. The number of carbonyl (C=O) groups is 2. The molecule has 0 saturated carbocycles. The number of alkyl halides is 6. The van der Waals surface area contributed by atoms with E-state index in [-0.39, 0.29) is 12.0 Å². The Bertz CT molecular complexity index is 1140. The van der Waals surface area contributed by atoms with Gasteiger partial charge in [-0.1, -0.05) is 6.58 Å². The predicted molar refractivity (Wildman–Crippen MR) is 148 cm³/mol. The van der Waals surface area contributed by atoms with Crippen LogP contribution in [0, 0.1) is 11.8 Å². The summed E-state index contributed by atoms with van der Waals surface area (Å²) in [6, 6.07) is 0. The standard InChI is InChI=1S/C30H46F6O9/c1-15(2)22(38)41-14-18(37)42-17-13-16-19(23(3,4)44-25(7,8)27(11,39)29(31,32)33)20(21(17)43-16)24(5,6)45-26(9,10)28(12,40)30(34,35)36/h16-17,19-21,39-40H,1,13-14H2,2-12H3. The summed E-state index contributed by atoms with van der Waals surface area (Å²) in [5.41, 5.74) is -14.3. The van der Waals surface area contributed by atoms with Crippen molar-refractivity contribution in [2.24, 2.45) is 11.8 Å². The van der Waals surface area contributed by atoms with Gasteiger partial charge < -0.3 is 33.9 Å². The molecule has 0 amide bonds. The Hall–Kier alpha value is -1.94. The minimum absolute atomic E-state index is 0.0224. The maximum absolute atomic E-state index is 13.9. The van der Waals surface area contributed by atoms with Crippen molar-refractivity contribution in [2.75, 3.05) is 6.61 Å². The molecule has 2 N–H and O–H groups in total. The normalized spacial score (nSPS) is 27.5. The summed E-state index contributed by atoms with van der Waals surface area (Å²) < 4.78 is 112. The summed E-state index contributed by atoms with van der Waals surface area (Å²) in [4.78, 5) is 24.3. The zero-order valence-electron chi connectivity index (χ0n) is 27.5. The quantitative estimate of drug-likeness (QED) is 0.165. The van der Waals surface area contributed by atoms with E-state index in [0.717, 1.165) is 27.7 Å². The van der Waals surface area contributed by atoms with Crippen LogP contribution in [0.2, 0.25) is 0 Å². The van der Waals surface area contributed by atoms with E-state index >= 15 is 0 Å². The van der Waals surface area contributed by atoms with Gasteiger partial charge in [0.2, 0.25) is 0 Å². The highest BCUT2D eigenvalue weighted by molar-refractivity contribution is 5.88. The second-order valence-electron chi connectivity index (χ2n) is 14.4. The fraction of sp³-hybridized carbons (Fsp3) is 0.867. The molecule has 7 atom stereocenters. The van der Waals surface area contributed by atoms with Gasteiger partial charge in [-0.2, -0.15) is 26.3 Å². The van der Waals surface area contributed by atoms with Crippen molar-refractivity contribution in [2.45, 2.75) is 147 Å². The van der Waals surface area contributed by atoms with Crippen LogP contribution < -0.4 is 0 Å². The van der Waals surface area contributed by atoms with Crippen molar-refractivity contribution >= 4 is 11.9 Å². The number of carbonyl (C=O) groups excluding carboxylic acids is 2. The minimum atomic E-state index is -5.11. The van der Waals surface area contributed by atoms with E-state index in [9.17, 15) is 46.1 Å². The molecule has 0 aromatic rings. The van der Waals surface area contributed by atoms with Gasteiger partial charge in [-0.05, 0) is 76.2 Å². The molecule has 0 aromatic carbocycles. The maximum atomic E-state index is 13.9. The molecule has 7 unspecified atom stereocenters. The van der Waals surface area contributed by atoms with Gasteiger partial charge in [0.25, 0.3) is 0 Å². The van der Waals surface area contributed by atoms with Crippen molar-refractivity contribution in [3.05, 3.63) is 12.2 Å². The van der Waals surface area contributed by atoms with Crippen LogP contribution in [0.5, 0.6) is 0 Å². The SMILES string of the molecule is C=C(C)C(=O)OCC(=O)OC1CC2OC1C(C(C)(C)OC(C)(C)C(C)(O)C(F)(F)F)C2C(C)(C)OC(C)(C)C(C)(O)C(F)(F)F. The van der Waals surface area contributed by atoms with Gasteiger partial charge in [-0.25, -0.2) is 9.59 Å². The first-order valence-corrected chi connectivity index (χ1v) is 14.4. The lowest BCUT2D eigenvalue weighted by molar-refractivity contribution is -0.342. The molecular formula is C30H46F6O9. The van der Waals surface area contributed by atoms with Gasteiger partial charge in [-0.15, -0.1) is 0 Å². The predicted octanol–water partition coefficient (Wildman–Crippen LogP) is 5.20. The van der Waals surface area contributed by atoms with Crippen LogP contribution in [0.3, 0.4) is 0 Å². The van der Waals surface area contributed by atoms with Gasteiger partial charge in [0, 0.05) is 23.8 Å². The van der Waals surface area contributed by atoms with E-state index in [1.807, 2.05) is 0 Å². The molecular weight excluding hydrogens is 618 g/mol. The average molecular weight is 665 g/mol. The van der Waals surface area contributed by atoms with Crippen molar-refractivity contribution in [1.29, 1.82) is 0 Å². The highest BCUT2D eigenvalue weighted by atomic mass is 19.4. The van der Waals surface area contributed by atoms with Crippen LogP contribution in [0.15, 0.2) is 12.2 Å². The molecule has 2 aliphatic heterocycles. The zero-order chi connectivity index (χ0) is 35.6. The Morgan fingerprint density at radius 1 is 0.778 bits per heavy atom. The number of ether oxygens (including phenoxy) is 5. The molecule has 0 aliphatic carbocycles. The molecule has 2 saturated heterocycles. The van der Waals surface area contributed by atoms with Crippen LogP contribution in [-0.2, 0) is 33.3 Å². The summed E-state index contributed by atoms with van der Waals surface area (Å²) in [6.07, 6.45) is -13.1. The smallest absolute Gasteiger partial charge is 0.419 e. The molecule has 2 heterocycles. The molecule has 15 heteroatoms. The number of esters is 2. The summed E-state index contributed by atoms with van der Waals surface area (Å²) >= 11 is 0. The number of fused-ring (bicyclic) bond motifs is 2. The fourth-order valence-electron chi connectivity index (χ4n) is 6.30. The van der Waals surface area contributed by atoms with Crippen LogP contribution >= 0.6 is 0 Å². The summed E-state index contributed by atoms with van der Waals surface area (Å²) in [6.45, 7) is 15.2.